The summed E-state index contributed by atoms with van der Waals surface area (Å²) < 4.78 is 18.2. The molecule has 0 unspecified atom stereocenters. The van der Waals surface area contributed by atoms with Crippen molar-refractivity contribution in [1.29, 1.82) is 0 Å². The van der Waals surface area contributed by atoms with E-state index in [1.54, 1.807) is 0 Å². The summed E-state index contributed by atoms with van der Waals surface area (Å²) in [6.07, 6.45) is 0.238. The van der Waals surface area contributed by atoms with E-state index in [4.69, 9.17) is 9.11 Å². The highest BCUT2D eigenvalue weighted by Crippen LogP contribution is 2.38. The Morgan fingerprint density at radius 2 is 2.10 bits per heavy atom. The van der Waals surface area contributed by atoms with Crippen molar-refractivity contribution in [3.8, 4) is 0 Å². The molecule has 0 radical (unpaired) electrons. The van der Waals surface area contributed by atoms with E-state index in [0.717, 1.165) is 0 Å². The van der Waals surface area contributed by atoms with E-state index >= 15 is 0 Å². The normalized spacial score (nSPS) is 28.4. The minimum absolute atomic E-state index is 0.0857. The molecule has 4 nitrogen and oxygen atoms in total. The van der Waals surface area contributed by atoms with Crippen LogP contribution in [-0.2, 0) is 4.79 Å². The first-order valence-corrected chi connectivity index (χ1v) is 4.99. The van der Waals surface area contributed by atoms with Crippen molar-refractivity contribution >= 4 is 16.5 Å². The van der Waals surface area contributed by atoms with E-state index in [1.807, 2.05) is 0 Å². The number of rotatable bonds is 0. The number of amides is 1. The first-order valence-electron chi connectivity index (χ1n) is 3.10. The molecule has 1 fully saturated rings. The average Bonchev–Trinajstić information content (AvgIpc) is 1.94. The predicted molar refractivity (Wildman–Crippen MR) is 40.2 cm³/mol. The van der Waals surface area contributed by atoms with Gasteiger partial charge in [-0.1, -0.05) is 0 Å². The van der Waals surface area contributed by atoms with Crippen LogP contribution in [0.25, 0.3) is 0 Å². The Kier molecular flexibility index (Phi) is 2.18. The van der Waals surface area contributed by atoms with Crippen LogP contribution in [0.4, 0.5) is 0 Å². The molecule has 1 saturated heterocycles. The second kappa shape index (κ2) is 2.77. The van der Waals surface area contributed by atoms with E-state index in [-0.39, 0.29) is 18.1 Å². The lowest BCUT2D eigenvalue weighted by atomic mass is 10.4. The maximum atomic E-state index is 10.7. The van der Waals surface area contributed by atoms with Crippen LogP contribution >= 0.6 is 10.6 Å². The van der Waals surface area contributed by atoms with Gasteiger partial charge in [0.2, 0.25) is 5.91 Å². The van der Waals surface area contributed by atoms with Crippen LogP contribution in [0, 0.1) is 0 Å². The summed E-state index contributed by atoms with van der Waals surface area (Å²) in [7, 11) is -2.44. The molecule has 0 aromatic carbocycles. The maximum Gasteiger partial charge on any atom is 0.221 e. The van der Waals surface area contributed by atoms with Gasteiger partial charge in [-0.2, -0.15) is 10.6 Å². The molecule has 10 heavy (non-hydrogen) atoms. The summed E-state index contributed by atoms with van der Waals surface area (Å²) in [6, 6.07) is 0. The third kappa shape index (κ3) is 2.17. The highest BCUT2D eigenvalue weighted by Gasteiger charge is 2.18. The van der Waals surface area contributed by atoms with Gasteiger partial charge in [0, 0.05) is 18.7 Å². The fourth-order valence-corrected chi connectivity index (χ4v) is 1.95. The van der Waals surface area contributed by atoms with E-state index in [0.29, 0.717) is 12.3 Å². The minimum Gasteiger partial charge on any atom is -0.354 e. The lowest BCUT2D eigenvalue weighted by Gasteiger charge is -2.29. The summed E-state index contributed by atoms with van der Waals surface area (Å²) in [5, 5.41) is 2.56. The van der Waals surface area contributed by atoms with E-state index in [2.05, 4.69) is 5.32 Å². The zero-order chi connectivity index (χ0) is 7.61. The Bertz CT molecular complexity index is 148. The fourth-order valence-electron chi connectivity index (χ4n) is 0.801. The Balaban J connectivity index is 2.48. The molecule has 0 aromatic heterocycles. The zero-order valence-electron chi connectivity index (χ0n) is 5.54. The van der Waals surface area contributed by atoms with Crippen molar-refractivity contribution < 1.29 is 13.9 Å². The highest BCUT2D eigenvalue weighted by molar-refractivity contribution is 8.24. The van der Waals surface area contributed by atoms with Gasteiger partial charge in [-0.05, 0) is 0 Å². The minimum atomic E-state index is -2.44. The molecule has 5 heteroatoms. The molecule has 1 aliphatic heterocycles. The third-order valence-electron chi connectivity index (χ3n) is 1.41. The Morgan fingerprint density at radius 1 is 1.40 bits per heavy atom. The van der Waals surface area contributed by atoms with Crippen LogP contribution in [-0.4, -0.2) is 33.1 Å². The molecule has 1 amide bonds. The van der Waals surface area contributed by atoms with Crippen LogP contribution in [0.3, 0.4) is 0 Å². The van der Waals surface area contributed by atoms with Gasteiger partial charge >= 0.3 is 0 Å². The van der Waals surface area contributed by atoms with Crippen molar-refractivity contribution in [3.05, 3.63) is 0 Å². The van der Waals surface area contributed by atoms with Crippen LogP contribution in [0.15, 0.2) is 0 Å². The van der Waals surface area contributed by atoms with Crippen molar-refractivity contribution in [2.24, 2.45) is 0 Å². The molecular formula is C5H11NO3S. The molecule has 0 spiro atoms. The van der Waals surface area contributed by atoms with Gasteiger partial charge in [-0.3, -0.25) is 13.9 Å². The average molecular weight is 165 g/mol. The van der Waals surface area contributed by atoms with Crippen molar-refractivity contribution in [1.82, 2.24) is 5.32 Å². The van der Waals surface area contributed by atoms with Crippen molar-refractivity contribution in [2.45, 2.75) is 6.42 Å². The largest absolute Gasteiger partial charge is 0.354 e. The van der Waals surface area contributed by atoms with Crippen LogP contribution < -0.4 is 5.32 Å². The van der Waals surface area contributed by atoms with Crippen LogP contribution in [0.5, 0.6) is 0 Å². The Morgan fingerprint density at radius 3 is 2.80 bits per heavy atom. The third-order valence-corrected chi connectivity index (χ3v) is 3.12. The highest BCUT2D eigenvalue weighted by atomic mass is 32.3. The van der Waals surface area contributed by atoms with E-state index in [9.17, 15) is 4.79 Å². The first-order chi connectivity index (χ1) is 4.60. The second-order valence-corrected chi connectivity index (χ2v) is 4.73. The second-order valence-electron chi connectivity index (χ2n) is 2.31. The zero-order valence-corrected chi connectivity index (χ0v) is 6.36. The van der Waals surface area contributed by atoms with Crippen LogP contribution in [0.1, 0.15) is 6.42 Å². The summed E-state index contributed by atoms with van der Waals surface area (Å²) in [5.74, 6) is 0.440. The molecule has 0 aromatic rings. The van der Waals surface area contributed by atoms with Gasteiger partial charge in [0.1, 0.15) is 0 Å². The van der Waals surface area contributed by atoms with Gasteiger partial charge in [-0.15, -0.1) is 0 Å². The smallest absolute Gasteiger partial charge is 0.221 e. The van der Waals surface area contributed by atoms with Crippen LogP contribution in [0.2, 0.25) is 0 Å². The van der Waals surface area contributed by atoms with Crippen molar-refractivity contribution in [3.63, 3.8) is 0 Å². The van der Waals surface area contributed by atoms with Gasteiger partial charge in [-0.25, -0.2) is 0 Å². The Hall–Kier alpha value is -0.260. The molecule has 0 bridgehead atoms. The van der Waals surface area contributed by atoms with Gasteiger partial charge in [0.05, 0.1) is 5.75 Å². The topological polar surface area (TPSA) is 69.6 Å². The Labute approximate surface area is 61.0 Å². The molecule has 0 saturated carbocycles. The molecule has 3 N–H and O–H groups in total. The molecule has 1 aliphatic rings. The summed E-state index contributed by atoms with van der Waals surface area (Å²) in [5.41, 5.74) is 0. The summed E-state index contributed by atoms with van der Waals surface area (Å²) in [4.78, 5) is 10.7. The monoisotopic (exact) mass is 165 g/mol. The van der Waals surface area contributed by atoms with Gasteiger partial charge < -0.3 is 5.32 Å². The molecule has 1 heterocycles. The first kappa shape index (κ1) is 7.84. The molecule has 60 valence electrons. The molecule has 1 rings (SSSR count). The molecular weight excluding hydrogens is 154 g/mol. The number of carbonyl (C=O) groups excluding carboxylic acids is 1. The fraction of sp³-hybridized carbons (Fsp3) is 0.800. The number of hydrogen-bond donors (Lipinski definition) is 3. The molecule has 0 atom stereocenters. The quantitative estimate of drug-likeness (QED) is 0.482. The van der Waals surface area contributed by atoms with Gasteiger partial charge in [0.15, 0.2) is 0 Å². The predicted octanol–water partition coefficient (Wildman–Crippen LogP) is 0.257. The number of nitrogens with one attached hydrogen (secondary N) is 1. The SMILES string of the molecule is O=C1CCS(O)(O)CCN1. The number of carbonyl (C=O) groups is 1. The summed E-state index contributed by atoms with van der Waals surface area (Å²) >= 11 is 0. The number of hydrogen-bond acceptors (Lipinski definition) is 3. The lowest BCUT2D eigenvalue weighted by Crippen LogP contribution is -2.23. The van der Waals surface area contributed by atoms with E-state index < -0.39 is 10.6 Å². The van der Waals surface area contributed by atoms with Crippen molar-refractivity contribution in [2.75, 3.05) is 18.1 Å². The standard InChI is InChI=1S/C5H11NO3S/c7-5-1-3-10(8,9)4-2-6-5/h8-9H,1-4H2,(H,6,7). The summed E-state index contributed by atoms with van der Waals surface area (Å²) in [6.45, 7) is 0.390. The van der Waals surface area contributed by atoms with Gasteiger partial charge in [0.25, 0.3) is 0 Å². The maximum absolute atomic E-state index is 10.7. The molecule has 0 aliphatic carbocycles. The lowest BCUT2D eigenvalue weighted by molar-refractivity contribution is -0.120. The van der Waals surface area contributed by atoms with E-state index in [1.165, 1.54) is 0 Å².